The van der Waals surface area contributed by atoms with Crippen molar-refractivity contribution in [2.45, 2.75) is 37.8 Å². The molecule has 5 rings (SSSR count). The van der Waals surface area contributed by atoms with Crippen LogP contribution in [0.5, 0.6) is 5.75 Å². The van der Waals surface area contributed by atoms with Crippen molar-refractivity contribution in [3.63, 3.8) is 0 Å². The first-order valence-corrected chi connectivity index (χ1v) is 12.5. The summed E-state index contributed by atoms with van der Waals surface area (Å²) in [6.07, 6.45) is 5.22. The van der Waals surface area contributed by atoms with Gasteiger partial charge in [-0.15, -0.1) is 0 Å². The highest BCUT2D eigenvalue weighted by Crippen LogP contribution is 2.49. The SMILES string of the molecule is O=C(O)c1cc(F)c(OCC(C2CCCCC2)C2(c3ccc(Cl)cc3)Nc3ccccc3N2)c(F)c1. The molecule has 5 nitrogen and oxygen atoms in total. The Morgan fingerprint density at radius 3 is 2.14 bits per heavy atom. The van der Waals surface area contributed by atoms with Crippen LogP contribution in [0.25, 0.3) is 0 Å². The average Bonchev–Trinajstić information content (AvgIpc) is 3.27. The maximum absolute atomic E-state index is 14.7. The average molecular weight is 513 g/mol. The zero-order valence-electron chi connectivity index (χ0n) is 19.6. The largest absolute Gasteiger partial charge is 0.487 e. The van der Waals surface area contributed by atoms with Crippen molar-refractivity contribution < 1.29 is 23.4 Å². The molecule has 0 aromatic heterocycles. The molecule has 36 heavy (non-hydrogen) atoms. The number of halogens is 3. The van der Waals surface area contributed by atoms with E-state index in [-0.39, 0.29) is 18.4 Å². The summed E-state index contributed by atoms with van der Waals surface area (Å²) in [4.78, 5) is 11.2. The standard InChI is InChI=1S/C28H27ClF2N2O3/c29-20-12-10-19(11-13-20)28(32-24-8-4-5-9-25(24)33-28)21(17-6-2-1-3-7-17)16-36-26-22(30)14-18(27(34)35)15-23(26)31/h4-5,8-15,17,21,32-33H,1-3,6-7,16H2,(H,34,35). The molecule has 0 bridgehead atoms. The smallest absolute Gasteiger partial charge is 0.335 e. The Balaban J connectivity index is 1.55. The van der Waals surface area contributed by atoms with Gasteiger partial charge in [-0.1, -0.05) is 55.1 Å². The molecule has 3 aromatic carbocycles. The van der Waals surface area contributed by atoms with Crippen LogP contribution in [0.15, 0.2) is 60.7 Å². The maximum Gasteiger partial charge on any atom is 0.335 e. The molecular weight excluding hydrogens is 486 g/mol. The Hall–Kier alpha value is -3.32. The molecule has 1 fully saturated rings. The van der Waals surface area contributed by atoms with Crippen molar-refractivity contribution in [1.29, 1.82) is 0 Å². The first-order valence-electron chi connectivity index (χ1n) is 12.1. The predicted octanol–water partition coefficient (Wildman–Crippen LogP) is 7.28. The van der Waals surface area contributed by atoms with E-state index in [1.54, 1.807) is 0 Å². The molecular formula is C28H27ClF2N2O3. The highest BCUT2D eigenvalue weighted by molar-refractivity contribution is 6.30. The number of anilines is 2. The van der Waals surface area contributed by atoms with Gasteiger partial charge in [0.1, 0.15) is 5.66 Å². The van der Waals surface area contributed by atoms with Crippen LogP contribution >= 0.6 is 11.6 Å². The number of hydrogen-bond acceptors (Lipinski definition) is 4. The Morgan fingerprint density at radius 2 is 1.58 bits per heavy atom. The topological polar surface area (TPSA) is 70.6 Å². The number of carboxylic acids is 1. The molecule has 0 saturated heterocycles. The van der Waals surface area contributed by atoms with Gasteiger partial charge in [0.2, 0.25) is 0 Å². The van der Waals surface area contributed by atoms with E-state index >= 15 is 0 Å². The number of ether oxygens (including phenoxy) is 1. The van der Waals surface area contributed by atoms with E-state index in [1.807, 2.05) is 48.5 Å². The lowest BCUT2D eigenvalue weighted by Gasteiger charge is -2.44. The molecule has 3 aromatic rings. The van der Waals surface area contributed by atoms with Gasteiger partial charge in [-0.05, 0) is 60.7 Å². The molecule has 3 N–H and O–H groups in total. The Kier molecular flexibility index (Phi) is 6.75. The molecule has 1 unspecified atom stereocenters. The van der Waals surface area contributed by atoms with Gasteiger partial charge in [-0.3, -0.25) is 0 Å². The maximum atomic E-state index is 14.7. The Labute approximate surface area is 213 Å². The van der Waals surface area contributed by atoms with Gasteiger partial charge >= 0.3 is 5.97 Å². The van der Waals surface area contributed by atoms with Gasteiger partial charge in [-0.25, -0.2) is 13.6 Å². The van der Waals surface area contributed by atoms with Crippen LogP contribution in [0.1, 0.15) is 48.0 Å². The quantitative estimate of drug-likeness (QED) is 0.310. The van der Waals surface area contributed by atoms with Crippen LogP contribution in [-0.2, 0) is 5.66 Å². The van der Waals surface area contributed by atoms with Crippen LogP contribution in [0.3, 0.4) is 0 Å². The lowest BCUT2D eigenvalue weighted by atomic mass is 9.72. The van der Waals surface area contributed by atoms with E-state index in [4.69, 9.17) is 21.4 Å². The number of rotatable bonds is 7. The molecule has 1 aliphatic carbocycles. The van der Waals surface area contributed by atoms with Crippen molar-refractivity contribution in [2.75, 3.05) is 17.2 Å². The fourth-order valence-corrected chi connectivity index (χ4v) is 5.69. The van der Waals surface area contributed by atoms with Crippen LogP contribution in [0, 0.1) is 23.5 Å². The first-order chi connectivity index (χ1) is 17.4. The second-order valence-corrected chi connectivity index (χ2v) is 9.94. The zero-order chi connectivity index (χ0) is 25.3. The number of fused-ring (bicyclic) bond motifs is 1. The molecule has 0 amide bonds. The van der Waals surface area contributed by atoms with E-state index in [2.05, 4.69) is 10.6 Å². The van der Waals surface area contributed by atoms with Crippen LogP contribution < -0.4 is 15.4 Å². The summed E-state index contributed by atoms with van der Waals surface area (Å²) in [6.45, 7) is 0.0154. The van der Waals surface area contributed by atoms with E-state index in [9.17, 15) is 13.6 Å². The summed E-state index contributed by atoms with van der Waals surface area (Å²) in [6, 6.07) is 17.0. The lowest BCUT2D eigenvalue weighted by molar-refractivity contribution is 0.0695. The van der Waals surface area contributed by atoms with Gasteiger partial charge in [0.15, 0.2) is 17.4 Å². The molecule has 1 heterocycles. The fourth-order valence-electron chi connectivity index (χ4n) is 5.56. The normalized spacial score (nSPS) is 17.5. The predicted molar refractivity (Wildman–Crippen MR) is 136 cm³/mol. The second-order valence-electron chi connectivity index (χ2n) is 9.50. The Bertz CT molecular complexity index is 1210. The number of carbonyl (C=O) groups is 1. The highest BCUT2D eigenvalue weighted by atomic mass is 35.5. The summed E-state index contributed by atoms with van der Waals surface area (Å²) in [7, 11) is 0. The fraction of sp³-hybridized carbons (Fsp3) is 0.321. The van der Waals surface area contributed by atoms with Crippen molar-refractivity contribution in [2.24, 2.45) is 11.8 Å². The molecule has 1 atom stereocenters. The number of para-hydroxylation sites is 2. The third kappa shape index (κ3) is 4.60. The van der Waals surface area contributed by atoms with Crippen molar-refractivity contribution in [3.8, 4) is 5.75 Å². The molecule has 1 aliphatic heterocycles. The number of benzene rings is 3. The molecule has 0 radical (unpaired) electrons. The molecule has 2 aliphatic rings. The number of hydrogen-bond donors (Lipinski definition) is 3. The van der Waals surface area contributed by atoms with Gasteiger partial charge in [0, 0.05) is 10.9 Å². The third-order valence-electron chi connectivity index (χ3n) is 7.32. The van der Waals surface area contributed by atoms with Gasteiger partial charge in [0.25, 0.3) is 0 Å². The minimum Gasteiger partial charge on any atom is -0.487 e. The lowest BCUT2D eigenvalue weighted by Crippen LogP contribution is -2.51. The molecule has 0 spiro atoms. The van der Waals surface area contributed by atoms with Gasteiger partial charge in [-0.2, -0.15) is 0 Å². The van der Waals surface area contributed by atoms with E-state index < -0.39 is 34.6 Å². The van der Waals surface area contributed by atoms with Crippen LogP contribution in [0.2, 0.25) is 5.02 Å². The minimum atomic E-state index is -1.40. The minimum absolute atomic E-state index is 0.0154. The molecule has 188 valence electrons. The van der Waals surface area contributed by atoms with E-state index in [0.717, 1.165) is 61.2 Å². The summed E-state index contributed by atoms with van der Waals surface area (Å²) < 4.78 is 35.3. The summed E-state index contributed by atoms with van der Waals surface area (Å²) >= 11 is 6.20. The highest BCUT2D eigenvalue weighted by Gasteiger charge is 2.48. The Morgan fingerprint density at radius 1 is 1.00 bits per heavy atom. The van der Waals surface area contributed by atoms with E-state index in [0.29, 0.717) is 5.02 Å². The molecule has 1 saturated carbocycles. The van der Waals surface area contributed by atoms with Gasteiger partial charge < -0.3 is 20.5 Å². The monoisotopic (exact) mass is 512 g/mol. The third-order valence-corrected chi connectivity index (χ3v) is 7.57. The number of nitrogens with one attached hydrogen (secondary N) is 2. The number of aromatic carboxylic acids is 1. The number of carboxylic acid groups (broad SMARTS) is 1. The van der Waals surface area contributed by atoms with Crippen molar-refractivity contribution in [3.05, 3.63) is 88.4 Å². The van der Waals surface area contributed by atoms with Crippen LogP contribution in [0.4, 0.5) is 20.2 Å². The van der Waals surface area contributed by atoms with Crippen LogP contribution in [-0.4, -0.2) is 17.7 Å². The first kappa shape index (κ1) is 24.4. The van der Waals surface area contributed by atoms with Crippen molar-refractivity contribution in [1.82, 2.24) is 0 Å². The van der Waals surface area contributed by atoms with Crippen molar-refractivity contribution >= 4 is 28.9 Å². The second kappa shape index (κ2) is 9.97. The summed E-state index contributed by atoms with van der Waals surface area (Å²) in [5.41, 5.74) is 1.52. The zero-order valence-corrected chi connectivity index (χ0v) is 20.3. The van der Waals surface area contributed by atoms with E-state index in [1.165, 1.54) is 0 Å². The molecule has 8 heteroatoms. The summed E-state index contributed by atoms with van der Waals surface area (Å²) in [5, 5.41) is 17.1. The van der Waals surface area contributed by atoms with Gasteiger partial charge in [0.05, 0.1) is 23.5 Å². The summed E-state index contributed by atoms with van der Waals surface area (Å²) in [5.74, 6) is -4.05.